The van der Waals surface area contributed by atoms with E-state index in [0.29, 0.717) is 0 Å². The molecule has 0 aromatic carbocycles. The number of piperazine rings is 1. The van der Waals surface area contributed by atoms with Gasteiger partial charge in [0.1, 0.15) is 6.26 Å². The molecule has 2 aliphatic heterocycles. The zero-order chi connectivity index (χ0) is 18.0. The van der Waals surface area contributed by atoms with E-state index in [4.69, 9.17) is 9.52 Å². The van der Waals surface area contributed by atoms with Gasteiger partial charge in [0.05, 0.1) is 5.69 Å². The van der Waals surface area contributed by atoms with Gasteiger partial charge in [0, 0.05) is 51.9 Å². The van der Waals surface area contributed by atoms with Crippen LogP contribution in [0.4, 0.5) is 0 Å². The second-order valence-electron chi connectivity index (χ2n) is 7.25. The van der Waals surface area contributed by atoms with E-state index in [1.807, 2.05) is 6.07 Å². The van der Waals surface area contributed by atoms with E-state index in [1.165, 1.54) is 45.3 Å². The smallest absolute Gasteiger partial charge is 0.194 e. The lowest BCUT2D eigenvalue weighted by molar-refractivity contribution is 0.169. The first-order valence-corrected chi connectivity index (χ1v) is 10.2. The van der Waals surface area contributed by atoms with Crippen LogP contribution in [0.1, 0.15) is 38.3 Å². The zero-order valence-electron chi connectivity index (χ0n) is 16.2. The Bertz CT molecular complexity index is 518. The minimum absolute atomic E-state index is 0.870. The number of nitrogens with one attached hydrogen (secondary N) is 1. The number of guanidine groups is 1. The van der Waals surface area contributed by atoms with Crippen molar-refractivity contribution < 1.29 is 4.52 Å². The Hall–Kier alpha value is -1.60. The lowest BCUT2D eigenvalue weighted by Crippen LogP contribution is -2.52. The van der Waals surface area contributed by atoms with Crippen LogP contribution in [-0.4, -0.2) is 84.7 Å². The van der Waals surface area contributed by atoms with Crippen molar-refractivity contribution in [2.45, 2.75) is 39.2 Å². The van der Waals surface area contributed by atoms with Crippen molar-refractivity contribution in [1.82, 2.24) is 25.2 Å². The maximum atomic E-state index is 4.92. The summed E-state index contributed by atoms with van der Waals surface area (Å²) in [4.78, 5) is 12.3. The first-order chi connectivity index (χ1) is 12.8. The second kappa shape index (κ2) is 10.5. The summed E-state index contributed by atoms with van der Waals surface area (Å²) in [5.74, 6) is 1.08. The van der Waals surface area contributed by atoms with Gasteiger partial charge in [0.25, 0.3) is 0 Å². The predicted octanol–water partition coefficient (Wildman–Crippen LogP) is 1.63. The molecule has 3 heterocycles. The molecule has 3 rings (SSSR count). The third kappa shape index (κ3) is 5.99. The number of hydrogen-bond acceptors (Lipinski definition) is 5. The first kappa shape index (κ1) is 19.2. The highest BCUT2D eigenvalue weighted by Crippen LogP contribution is 2.09. The maximum Gasteiger partial charge on any atom is 0.194 e. The van der Waals surface area contributed by atoms with Crippen molar-refractivity contribution in [1.29, 1.82) is 0 Å². The van der Waals surface area contributed by atoms with Crippen LogP contribution in [0.3, 0.4) is 0 Å². The number of rotatable bonds is 8. The Balaban J connectivity index is 1.37. The predicted molar refractivity (Wildman–Crippen MR) is 104 cm³/mol. The van der Waals surface area contributed by atoms with Crippen molar-refractivity contribution in [2.24, 2.45) is 4.99 Å². The topological polar surface area (TPSA) is 60.1 Å². The van der Waals surface area contributed by atoms with Crippen molar-refractivity contribution in [3.8, 4) is 0 Å². The van der Waals surface area contributed by atoms with Gasteiger partial charge in [0.15, 0.2) is 5.96 Å². The molecule has 2 fully saturated rings. The Morgan fingerprint density at radius 3 is 2.62 bits per heavy atom. The standard InChI is InChI=1S/C19H34N6O/c1-2-20-19(21-8-3-4-9-23-10-5-6-11-23)25-14-12-24(13-15-25)17-18-7-16-26-22-18/h7,16H,2-6,8-15,17H2,1H3,(H,20,21). The molecule has 0 radical (unpaired) electrons. The molecule has 2 aliphatic rings. The minimum atomic E-state index is 0.870. The number of nitrogens with zero attached hydrogens (tertiary/aromatic N) is 5. The van der Waals surface area contributed by atoms with Crippen molar-refractivity contribution >= 4 is 5.96 Å². The number of hydrogen-bond donors (Lipinski definition) is 1. The molecule has 0 amide bonds. The Labute approximate surface area is 157 Å². The fourth-order valence-corrected chi connectivity index (χ4v) is 3.73. The summed E-state index contributed by atoms with van der Waals surface area (Å²) in [7, 11) is 0. The minimum Gasteiger partial charge on any atom is -0.364 e. The van der Waals surface area contributed by atoms with Gasteiger partial charge in [-0.2, -0.15) is 0 Å². The molecule has 1 N–H and O–H groups in total. The lowest BCUT2D eigenvalue weighted by atomic mass is 10.3. The molecule has 2 saturated heterocycles. The van der Waals surface area contributed by atoms with E-state index in [0.717, 1.165) is 57.5 Å². The largest absolute Gasteiger partial charge is 0.364 e. The van der Waals surface area contributed by atoms with Crippen molar-refractivity contribution in [3.05, 3.63) is 18.0 Å². The molecule has 7 heteroatoms. The average Bonchev–Trinajstić information content (AvgIpc) is 3.35. The average molecular weight is 363 g/mol. The summed E-state index contributed by atoms with van der Waals surface area (Å²) in [6.45, 7) is 12.8. The molecule has 1 aromatic heterocycles. The van der Waals surface area contributed by atoms with E-state index in [2.05, 4.69) is 32.1 Å². The molecule has 146 valence electrons. The molecular weight excluding hydrogens is 328 g/mol. The molecule has 0 aliphatic carbocycles. The second-order valence-corrected chi connectivity index (χ2v) is 7.25. The van der Waals surface area contributed by atoms with Crippen LogP contribution in [0.5, 0.6) is 0 Å². The van der Waals surface area contributed by atoms with Crippen LogP contribution >= 0.6 is 0 Å². The SMILES string of the molecule is CCNC(=NCCCCN1CCCC1)N1CCN(Cc2ccon2)CC1. The fraction of sp³-hybridized carbons (Fsp3) is 0.789. The molecule has 1 aromatic rings. The normalized spacial score (nSPS) is 20.0. The van der Waals surface area contributed by atoms with Crippen LogP contribution in [0.2, 0.25) is 0 Å². The highest BCUT2D eigenvalue weighted by Gasteiger charge is 2.20. The molecule has 0 spiro atoms. The zero-order valence-corrected chi connectivity index (χ0v) is 16.2. The van der Waals surface area contributed by atoms with Gasteiger partial charge in [-0.15, -0.1) is 0 Å². The number of aliphatic imine (C=N–C) groups is 1. The molecule has 26 heavy (non-hydrogen) atoms. The highest BCUT2D eigenvalue weighted by molar-refractivity contribution is 5.80. The summed E-state index contributed by atoms with van der Waals surface area (Å²) in [5, 5.41) is 7.47. The van der Waals surface area contributed by atoms with Gasteiger partial charge in [-0.1, -0.05) is 5.16 Å². The monoisotopic (exact) mass is 362 g/mol. The number of unbranched alkanes of at least 4 members (excludes halogenated alkanes) is 1. The summed E-state index contributed by atoms with van der Waals surface area (Å²) < 4.78 is 4.92. The van der Waals surface area contributed by atoms with E-state index >= 15 is 0 Å². The van der Waals surface area contributed by atoms with Crippen LogP contribution in [0.15, 0.2) is 21.8 Å². The Morgan fingerprint density at radius 1 is 1.12 bits per heavy atom. The van der Waals surface area contributed by atoms with Gasteiger partial charge in [0.2, 0.25) is 0 Å². The first-order valence-electron chi connectivity index (χ1n) is 10.2. The van der Waals surface area contributed by atoms with Gasteiger partial charge in [-0.3, -0.25) is 9.89 Å². The summed E-state index contributed by atoms with van der Waals surface area (Å²) in [5.41, 5.74) is 1.01. The quantitative estimate of drug-likeness (QED) is 0.431. The molecule has 0 bridgehead atoms. The molecular formula is C19H34N6O. The van der Waals surface area contributed by atoms with Crippen LogP contribution in [0.25, 0.3) is 0 Å². The van der Waals surface area contributed by atoms with E-state index in [9.17, 15) is 0 Å². The van der Waals surface area contributed by atoms with Gasteiger partial charge < -0.3 is 19.6 Å². The number of likely N-dealkylation sites (tertiary alicyclic amines) is 1. The van der Waals surface area contributed by atoms with Gasteiger partial charge >= 0.3 is 0 Å². The Kier molecular flexibility index (Phi) is 7.76. The van der Waals surface area contributed by atoms with Crippen LogP contribution in [-0.2, 0) is 6.54 Å². The highest BCUT2D eigenvalue weighted by atomic mass is 16.5. The van der Waals surface area contributed by atoms with Crippen molar-refractivity contribution in [3.63, 3.8) is 0 Å². The Morgan fingerprint density at radius 2 is 1.92 bits per heavy atom. The third-order valence-corrected chi connectivity index (χ3v) is 5.23. The summed E-state index contributed by atoms with van der Waals surface area (Å²) in [6.07, 6.45) is 6.84. The number of aromatic nitrogens is 1. The van der Waals surface area contributed by atoms with Crippen molar-refractivity contribution in [2.75, 3.05) is 58.9 Å². The molecule has 0 atom stereocenters. The van der Waals surface area contributed by atoms with E-state index in [1.54, 1.807) is 6.26 Å². The van der Waals surface area contributed by atoms with Crippen LogP contribution in [0, 0.1) is 0 Å². The van der Waals surface area contributed by atoms with Gasteiger partial charge in [-0.05, 0) is 52.2 Å². The maximum absolute atomic E-state index is 4.92. The lowest BCUT2D eigenvalue weighted by Gasteiger charge is -2.36. The molecule has 0 unspecified atom stereocenters. The van der Waals surface area contributed by atoms with E-state index < -0.39 is 0 Å². The van der Waals surface area contributed by atoms with E-state index in [-0.39, 0.29) is 0 Å². The fourth-order valence-electron chi connectivity index (χ4n) is 3.73. The summed E-state index contributed by atoms with van der Waals surface area (Å²) >= 11 is 0. The summed E-state index contributed by atoms with van der Waals surface area (Å²) in [6, 6.07) is 1.94. The molecule has 0 saturated carbocycles. The third-order valence-electron chi connectivity index (χ3n) is 5.23. The van der Waals surface area contributed by atoms with Crippen LogP contribution < -0.4 is 5.32 Å². The molecule has 7 nitrogen and oxygen atoms in total. The van der Waals surface area contributed by atoms with Gasteiger partial charge in [-0.25, -0.2) is 0 Å².